The van der Waals surface area contributed by atoms with Gasteiger partial charge in [0.05, 0.1) is 5.56 Å². The van der Waals surface area contributed by atoms with Crippen LogP contribution in [0.5, 0.6) is 0 Å². The fourth-order valence-electron chi connectivity index (χ4n) is 3.71. The lowest BCUT2D eigenvalue weighted by atomic mass is 10.00. The molecule has 3 heterocycles. The third-order valence-electron chi connectivity index (χ3n) is 5.41. The van der Waals surface area contributed by atoms with Gasteiger partial charge in [-0.05, 0) is 44.0 Å². The van der Waals surface area contributed by atoms with E-state index in [4.69, 9.17) is 4.98 Å². The van der Waals surface area contributed by atoms with Gasteiger partial charge in [0.1, 0.15) is 11.6 Å². The molecular formula is C19H31N5O. The quantitative estimate of drug-likeness (QED) is 0.820. The minimum absolute atomic E-state index is 0.0899. The number of rotatable bonds is 7. The van der Waals surface area contributed by atoms with Crippen LogP contribution in [0.3, 0.4) is 0 Å². The number of hydrogen-bond acceptors (Lipinski definition) is 5. The van der Waals surface area contributed by atoms with Gasteiger partial charge in [-0.3, -0.25) is 4.79 Å². The van der Waals surface area contributed by atoms with Crippen LogP contribution >= 0.6 is 0 Å². The SMILES string of the molecule is CCN(CC)CCNc1nc(N2CCCC2)cc2c1C(=O)N(C)CC2. The summed E-state index contributed by atoms with van der Waals surface area (Å²) in [4.78, 5) is 24.1. The summed E-state index contributed by atoms with van der Waals surface area (Å²) in [5.41, 5.74) is 1.92. The van der Waals surface area contributed by atoms with E-state index >= 15 is 0 Å². The van der Waals surface area contributed by atoms with E-state index < -0.39 is 0 Å². The molecule has 1 aromatic rings. The number of aromatic nitrogens is 1. The highest BCUT2D eigenvalue weighted by Gasteiger charge is 2.28. The van der Waals surface area contributed by atoms with Gasteiger partial charge in [-0.1, -0.05) is 13.8 Å². The number of likely N-dealkylation sites (N-methyl/N-ethyl adjacent to an activating group) is 2. The minimum atomic E-state index is 0.0899. The van der Waals surface area contributed by atoms with Gasteiger partial charge < -0.3 is 20.0 Å². The summed E-state index contributed by atoms with van der Waals surface area (Å²) in [6.07, 6.45) is 3.36. The first-order chi connectivity index (χ1) is 12.1. The summed E-state index contributed by atoms with van der Waals surface area (Å²) in [5, 5.41) is 3.46. The largest absolute Gasteiger partial charge is 0.368 e. The zero-order valence-electron chi connectivity index (χ0n) is 15.8. The highest BCUT2D eigenvalue weighted by Crippen LogP contribution is 2.30. The van der Waals surface area contributed by atoms with Gasteiger partial charge in [-0.15, -0.1) is 0 Å². The van der Waals surface area contributed by atoms with E-state index in [1.165, 1.54) is 12.8 Å². The Labute approximate surface area is 151 Å². The van der Waals surface area contributed by atoms with Gasteiger partial charge in [0.2, 0.25) is 0 Å². The summed E-state index contributed by atoms with van der Waals surface area (Å²) in [6, 6.07) is 2.14. The lowest BCUT2D eigenvalue weighted by Crippen LogP contribution is -2.36. The van der Waals surface area contributed by atoms with Crippen molar-refractivity contribution in [3.63, 3.8) is 0 Å². The summed E-state index contributed by atoms with van der Waals surface area (Å²) >= 11 is 0. The van der Waals surface area contributed by atoms with Crippen molar-refractivity contribution >= 4 is 17.5 Å². The number of carbonyl (C=O) groups excluding carboxylic acids is 1. The fourth-order valence-corrected chi connectivity index (χ4v) is 3.71. The van der Waals surface area contributed by atoms with Crippen molar-refractivity contribution in [3.05, 3.63) is 17.2 Å². The van der Waals surface area contributed by atoms with Crippen LogP contribution in [0.15, 0.2) is 6.07 Å². The van der Waals surface area contributed by atoms with Crippen molar-refractivity contribution in [2.45, 2.75) is 33.1 Å². The zero-order valence-corrected chi connectivity index (χ0v) is 15.8. The molecule has 25 heavy (non-hydrogen) atoms. The smallest absolute Gasteiger partial charge is 0.257 e. The number of fused-ring (bicyclic) bond motifs is 1. The lowest BCUT2D eigenvalue weighted by molar-refractivity contribution is 0.0781. The predicted molar refractivity (Wildman–Crippen MR) is 103 cm³/mol. The number of hydrogen-bond donors (Lipinski definition) is 1. The molecule has 1 saturated heterocycles. The summed E-state index contributed by atoms with van der Waals surface area (Å²) in [7, 11) is 1.87. The molecule has 0 unspecified atom stereocenters. The number of pyridine rings is 1. The molecule has 1 N–H and O–H groups in total. The van der Waals surface area contributed by atoms with Crippen molar-refractivity contribution in [2.24, 2.45) is 0 Å². The van der Waals surface area contributed by atoms with E-state index in [1.807, 2.05) is 7.05 Å². The highest BCUT2D eigenvalue weighted by molar-refractivity contribution is 6.01. The van der Waals surface area contributed by atoms with E-state index in [-0.39, 0.29) is 5.91 Å². The summed E-state index contributed by atoms with van der Waals surface area (Å²) in [5.74, 6) is 1.88. The van der Waals surface area contributed by atoms with Crippen molar-refractivity contribution in [1.29, 1.82) is 0 Å². The van der Waals surface area contributed by atoms with Gasteiger partial charge in [0.25, 0.3) is 5.91 Å². The van der Waals surface area contributed by atoms with E-state index in [9.17, 15) is 4.79 Å². The van der Waals surface area contributed by atoms with Gasteiger partial charge in [0.15, 0.2) is 0 Å². The molecule has 6 heteroatoms. The Morgan fingerprint density at radius 2 is 1.92 bits per heavy atom. The average molecular weight is 345 g/mol. The van der Waals surface area contributed by atoms with Gasteiger partial charge in [-0.2, -0.15) is 0 Å². The van der Waals surface area contributed by atoms with Crippen molar-refractivity contribution in [1.82, 2.24) is 14.8 Å². The topological polar surface area (TPSA) is 51.7 Å². The molecule has 6 nitrogen and oxygen atoms in total. The monoisotopic (exact) mass is 345 g/mol. The minimum Gasteiger partial charge on any atom is -0.368 e. The van der Waals surface area contributed by atoms with Gasteiger partial charge in [-0.25, -0.2) is 4.98 Å². The maximum Gasteiger partial charge on any atom is 0.257 e. The van der Waals surface area contributed by atoms with Crippen LogP contribution in [0.4, 0.5) is 11.6 Å². The molecule has 0 saturated carbocycles. The first-order valence-electron chi connectivity index (χ1n) is 9.64. The molecule has 0 atom stereocenters. The highest BCUT2D eigenvalue weighted by atomic mass is 16.2. The van der Waals surface area contributed by atoms with Crippen LogP contribution in [-0.2, 0) is 6.42 Å². The Bertz CT molecular complexity index is 608. The second kappa shape index (κ2) is 8.04. The summed E-state index contributed by atoms with van der Waals surface area (Å²) < 4.78 is 0. The van der Waals surface area contributed by atoms with Crippen molar-refractivity contribution in [3.8, 4) is 0 Å². The lowest BCUT2D eigenvalue weighted by Gasteiger charge is -2.29. The van der Waals surface area contributed by atoms with Crippen LogP contribution in [-0.4, -0.2) is 73.6 Å². The molecule has 0 aliphatic carbocycles. The molecule has 1 fully saturated rings. The molecule has 138 valence electrons. The Morgan fingerprint density at radius 3 is 2.60 bits per heavy atom. The van der Waals surface area contributed by atoms with E-state index in [0.29, 0.717) is 0 Å². The molecule has 0 spiro atoms. The number of nitrogens with zero attached hydrogens (tertiary/aromatic N) is 4. The van der Waals surface area contributed by atoms with Crippen LogP contribution in [0.25, 0.3) is 0 Å². The first kappa shape index (κ1) is 18.0. The van der Waals surface area contributed by atoms with E-state index in [1.54, 1.807) is 4.90 Å². The van der Waals surface area contributed by atoms with Crippen LogP contribution in [0, 0.1) is 0 Å². The first-order valence-corrected chi connectivity index (χ1v) is 9.64. The molecule has 3 rings (SSSR count). The standard InChI is InChI=1S/C19H31N5O/c1-4-23(5-2)13-9-20-18-17-15(8-12-22(3)19(17)25)14-16(21-18)24-10-6-7-11-24/h14H,4-13H2,1-3H3,(H,20,21). The van der Waals surface area contributed by atoms with Crippen molar-refractivity contribution in [2.75, 3.05) is 63.1 Å². The molecule has 1 amide bonds. The second-order valence-electron chi connectivity index (χ2n) is 6.99. The van der Waals surface area contributed by atoms with Crippen LogP contribution < -0.4 is 10.2 Å². The molecule has 1 aromatic heterocycles. The number of anilines is 2. The second-order valence-corrected chi connectivity index (χ2v) is 6.99. The van der Waals surface area contributed by atoms with Crippen LogP contribution in [0.1, 0.15) is 42.6 Å². The van der Waals surface area contributed by atoms with E-state index in [2.05, 4.69) is 35.0 Å². The average Bonchev–Trinajstić information content (AvgIpc) is 3.16. The van der Waals surface area contributed by atoms with E-state index in [0.717, 1.165) is 75.0 Å². The predicted octanol–water partition coefficient (Wildman–Crippen LogP) is 2.06. The summed E-state index contributed by atoms with van der Waals surface area (Å²) in [6.45, 7) is 11.1. The zero-order chi connectivity index (χ0) is 17.8. The molecule has 0 radical (unpaired) electrons. The molecule has 0 aromatic carbocycles. The molecule has 2 aliphatic rings. The molecular weight excluding hydrogens is 314 g/mol. The fraction of sp³-hybridized carbons (Fsp3) is 0.684. The van der Waals surface area contributed by atoms with Crippen LogP contribution in [0.2, 0.25) is 0 Å². The Kier molecular flexibility index (Phi) is 5.78. The number of amides is 1. The Hall–Kier alpha value is -1.82. The van der Waals surface area contributed by atoms with Gasteiger partial charge in [0, 0.05) is 39.8 Å². The third-order valence-corrected chi connectivity index (χ3v) is 5.41. The Morgan fingerprint density at radius 1 is 1.20 bits per heavy atom. The molecule has 0 bridgehead atoms. The number of nitrogens with one attached hydrogen (secondary N) is 1. The van der Waals surface area contributed by atoms with Crippen molar-refractivity contribution < 1.29 is 4.79 Å². The maximum absolute atomic E-state index is 12.7. The molecule has 2 aliphatic heterocycles. The normalized spacial score (nSPS) is 17.4. The van der Waals surface area contributed by atoms with Gasteiger partial charge >= 0.3 is 0 Å². The third kappa shape index (κ3) is 3.89. The Balaban J connectivity index is 1.85. The number of carbonyl (C=O) groups is 1. The maximum atomic E-state index is 12.7.